The van der Waals surface area contributed by atoms with Crippen molar-refractivity contribution >= 4 is 16.6 Å². The highest BCUT2D eigenvalue weighted by molar-refractivity contribution is 5.89. The van der Waals surface area contributed by atoms with Gasteiger partial charge in [-0.1, -0.05) is 63.7 Å². The van der Waals surface area contributed by atoms with E-state index in [9.17, 15) is 14.9 Å². The Kier molecular flexibility index (Phi) is 13.1. The first-order valence-electron chi connectivity index (χ1n) is 14.1. The van der Waals surface area contributed by atoms with Gasteiger partial charge in [0.05, 0.1) is 17.0 Å². The van der Waals surface area contributed by atoms with Gasteiger partial charge in [0.25, 0.3) is 11.2 Å². The predicted octanol–water partition coefficient (Wildman–Crippen LogP) is 8.38. The van der Waals surface area contributed by atoms with E-state index in [1.165, 1.54) is 23.3 Å². The second-order valence-electron chi connectivity index (χ2n) is 10.5. The second-order valence-corrected chi connectivity index (χ2v) is 10.5. The third-order valence-electron chi connectivity index (χ3n) is 6.65. The zero-order chi connectivity index (χ0) is 28.1. The number of nitrogens with zero attached hydrogens (tertiary/aromatic N) is 2. The zero-order valence-electron chi connectivity index (χ0n) is 24.2. The van der Waals surface area contributed by atoms with Crippen LogP contribution in [0.3, 0.4) is 0 Å². The number of unbranched alkanes of at least 4 members (excludes halogenated alkanes) is 3. The van der Waals surface area contributed by atoms with Crippen LogP contribution in [0.5, 0.6) is 11.5 Å². The summed E-state index contributed by atoms with van der Waals surface area (Å²) in [4.78, 5) is 24.9. The molecule has 0 amide bonds. The lowest BCUT2D eigenvalue weighted by Gasteiger charge is -2.20. The Bertz CT molecular complexity index is 1170. The van der Waals surface area contributed by atoms with E-state index in [4.69, 9.17) is 9.47 Å². The number of hydrogen-bond acceptors (Lipinski definition) is 5. The minimum Gasteiger partial charge on any atom is -0.485 e. The predicted molar refractivity (Wildman–Crippen MR) is 156 cm³/mol. The standard InChI is InChI=1S/C31H46N2O5/c1-7-9-10-11-19-32-28-21-26(33(35)36)16-17-27(28)29(30(31(32)34)38-22-25(6)13-8-2)37-20-18-24(5)15-12-14-23(3)4/h14,16-18,21,25H,7-13,15,19-20,22H2,1-6H3. The average molecular weight is 527 g/mol. The van der Waals surface area contributed by atoms with Crippen molar-refractivity contribution in [3.63, 3.8) is 0 Å². The minimum absolute atomic E-state index is 0.0505. The quantitative estimate of drug-likeness (QED) is 0.0894. The van der Waals surface area contributed by atoms with Gasteiger partial charge in [0.15, 0.2) is 5.75 Å². The molecule has 1 heterocycles. The molecule has 0 N–H and O–H groups in total. The van der Waals surface area contributed by atoms with Gasteiger partial charge in [-0.2, -0.15) is 0 Å². The van der Waals surface area contributed by atoms with Gasteiger partial charge in [-0.25, -0.2) is 0 Å². The number of hydrogen-bond donors (Lipinski definition) is 0. The van der Waals surface area contributed by atoms with Crippen molar-refractivity contribution in [1.29, 1.82) is 0 Å². The summed E-state index contributed by atoms with van der Waals surface area (Å²) in [5, 5.41) is 12.2. The molecule has 210 valence electrons. The monoisotopic (exact) mass is 526 g/mol. The molecule has 1 aromatic carbocycles. The molecular weight excluding hydrogens is 480 g/mol. The number of fused-ring (bicyclic) bond motifs is 1. The summed E-state index contributed by atoms with van der Waals surface area (Å²) in [7, 11) is 0. The Morgan fingerprint density at radius 1 is 1.05 bits per heavy atom. The molecule has 0 aliphatic heterocycles. The van der Waals surface area contributed by atoms with E-state index >= 15 is 0 Å². The van der Waals surface area contributed by atoms with Gasteiger partial charge in [0.2, 0.25) is 5.75 Å². The van der Waals surface area contributed by atoms with Crippen LogP contribution in [-0.2, 0) is 6.54 Å². The first-order valence-corrected chi connectivity index (χ1v) is 14.1. The summed E-state index contributed by atoms with van der Waals surface area (Å²) >= 11 is 0. The number of aromatic nitrogens is 1. The molecule has 0 aliphatic carbocycles. The molecule has 0 spiro atoms. The number of nitro groups is 1. The second kappa shape index (κ2) is 16.0. The normalized spacial score (nSPS) is 12.4. The Balaban J connectivity index is 2.54. The highest BCUT2D eigenvalue weighted by Crippen LogP contribution is 2.35. The van der Waals surface area contributed by atoms with Crippen LogP contribution >= 0.6 is 0 Å². The fourth-order valence-electron chi connectivity index (χ4n) is 4.45. The Morgan fingerprint density at radius 2 is 1.82 bits per heavy atom. The third kappa shape index (κ3) is 9.34. The van der Waals surface area contributed by atoms with Crippen LogP contribution in [0.15, 0.2) is 46.3 Å². The molecular formula is C31H46N2O5. The molecule has 0 bridgehead atoms. The summed E-state index contributed by atoms with van der Waals surface area (Å²) in [6.45, 7) is 13.8. The number of rotatable bonds is 17. The van der Waals surface area contributed by atoms with Crippen molar-refractivity contribution < 1.29 is 14.4 Å². The third-order valence-corrected chi connectivity index (χ3v) is 6.65. The maximum absolute atomic E-state index is 13.8. The van der Waals surface area contributed by atoms with Crippen molar-refractivity contribution in [2.24, 2.45) is 5.92 Å². The Hall–Kier alpha value is -3.09. The lowest BCUT2D eigenvalue weighted by molar-refractivity contribution is -0.384. The molecule has 7 heteroatoms. The van der Waals surface area contributed by atoms with E-state index in [-0.39, 0.29) is 29.5 Å². The zero-order valence-corrected chi connectivity index (χ0v) is 24.2. The molecule has 0 saturated carbocycles. The van der Waals surface area contributed by atoms with Crippen LogP contribution in [0.2, 0.25) is 0 Å². The number of pyridine rings is 1. The van der Waals surface area contributed by atoms with E-state index < -0.39 is 4.92 Å². The molecule has 0 saturated heterocycles. The number of non-ortho nitro benzene ring substituents is 1. The molecule has 0 aliphatic rings. The molecule has 7 nitrogen and oxygen atoms in total. The number of ether oxygens (including phenoxy) is 2. The first kappa shape index (κ1) is 31.1. The molecule has 1 aromatic heterocycles. The van der Waals surface area contributed by atoms with Gasteiger partial charge < -0.3 is 14.0 Å². The maximum atomic E-state index is 13.8. The number of benzene rings is 1. The summed E-state index contributed by atoms with van der Waals surface area (Å²) < 4.78 is 14.0. The van der Waals surface area contributed by atoms with Gasteiger partial charge in [0, 0.05) is 24.1 Å². The number of aryl methyl sites for hydroxylation is 1. The number of allylic oxidation sites excluding steroid dienone is 3. The van der Waals surface area contributed by atoms with Gasteiger partial charge in [-0.15, -0.1) is 0 Å². The van der Waals surface area contributed by atoms with Crippen LogP contribution in [0.4, 0.5) is 5.69 Å². The largest absolute Gasteiger partial charge is 0.485 e. The van der Waals surface area contributed by atoms with Crippen LogP contribution in [0.25, 0.3) is 10.9 Å². The van der Waals surface area contributed by atoms with Gasteiger partial charge >= 0.3 is 0 Å². The van der Waals surface area contributed by atoms with E-state index in [1.54, 1.807) is 10.6 Å². The summed E-state index contributed by atoms with van der Waals surface area (Å²) in [5.74, 6) is 0.845. The Morgan fingerprint density at radius 3 is 2.47 bits per heavy atom. The van der Waals surface area contributed by atoms with E-state index in [0.29, 0.717) is 29.8 Å². The van der Waals surface area contributed by atoms with Gasteiger partial charge in [-0.3, -0.25) is 14.9 Å². The van der Waals surface area contributed by atoms with Crippen molar-refractivity contribution in [3.8, 4) is 11.5 Å². The fraction of sp³-hybridized carbons (Fsp3) is 0.581. The molecule has 2 rings (SSSR count). The van der Waals surface area contributed by atoms with Crippen molar-refractivity contribution in [2.45, 2.75) is 99.5 Å². The fourth-order valence-corrected chi connectivity index (χ4v) is 4.45. The van der Waals surface area contributed by atoms with Crippen LogP contribution < -0.4 is 15.0 Å². The van der Waals surface area contributed by atoms with Crippen molar-refractivity contribution in [3.05, 3.63) is 62.0 Å². The maximum Gasteiger partial charge on any atom is 0.297 e. The summed E-state index contributed by atoms with van der Waals surface area (Å²) in [5.41, 5.74) is 2.66. The topological polar surface area (TPSA) is 83.6 Å². The van der Waals surface area contributed by atoms with Crippen molar-refractivity contribution in [1.82, 2.24) is 4.57 Å². The lowest BCUT2D eigenvalue weighted by Crippen LogP contribution is -2.25. The van der Waals surface area contributed by atoms with E-state index in [1.807, 2.05) is 6.08 Å². The van der Waals surface area contributed by atoms with Crippen LogP contribution in [-0.4, -0.2) is 22.7 Å². The van der Waals surface area contributed by atoms with Gasteiger partial charge in [0.1, 0.15) is 6.61 Å². The van der Waals surface area contributed by atoms with Crippen LogP contribution in [0, 0.1) is 16.0 Å². The molecule has 38 heavy (non-hydrogen) atoms. The van der Waals surface area contributed by atoms with Gasteiger partial charge in [-0.05, 0) is 64.5 Å². The Labute approximate surface area is 227 Å². The summed E-state index contributed by atoms with van der Waals surface area (Å²) in [6.07, 6.45) is 12.1. The molecule has 0 radical (unpaired) electrons. The average Bonchev–Trinajstić information content (AvgIpc) is 2.87. The van der Waals surface area contributed by atoms with E-state index in [0.717, 1.165) is 51.4 Å². The molecule has 1 unspecified atom stereocenters. The van der Waals surface area contributed by atoms with E-state index in [2.05, 4.69) is 47.6 Å². The van der Waals surface area contributed by atoms with Crippen molar-refractivity contribution in [2.75, 3.05) is 13.2 Å². The highest BCUT2D eigenvalue weighted by atomic mass is 16.6. The lowest BCUT2D eigenvalue weighted by atomic mass is 10.1. The van der Waals surface area contributed by atoms with Crippen LogP contribution in [0.1, 0.15) is 92.9 Å². The molecule has 1 atom stereocenters. The molecule has 2 aromatic rings. The molecule has 0 fully saturated rings. The smallest absolute Gasteiger partial charge is 0.297 e. The first-order chi connectivity index (χ1) is 18.2. The number of nitro benzene ring substituents is 1. The minimum atomic E-state index is -0.429. The summed E-state index contributed by atoms with van der Waals surface area (Å²) in [6, 6.07) is 4.62. The SMILES string of the molecule is CCCCCCn1c(=O)c(OCC(C)CCC)c(OCC=C(C)CCC=C(C)C)c2ccc([N+](=O)[O-])cc21. The highest BCUT2D eigenvalue weighted by Gasteiger charge is 2.22.